The molecular weight excluding hydrogens is 791 g/mol. The molecule has 0 aromatic heterocycles. The third-order valence-electron chi connectivity index (χ3n) is 5.17. The predicted octanol–water partition coefficient (Wildman–Crippen LogP) is -2.80. The number of carbonyl (C=O) groups is 8. The van der Waals surface area contributed by atoms with Crippen LogP contribution in [0.1, 0.15) is 47.3 Å². The Balaban J connectivity index is -0.000000171. The van der Waals surface area contributed by atoms with Gasteiger partial charge in [-0.15, -0.1) is 0 Å². The standard InChI is InChI=1S/C9H12O3S2.C7H14N2O2S2.C4H7NO2S2.C4H7NOS.CH3F.ClH.H4N2/c1-6(10)14-5-8(11)4-7-2-3-13-9(7)12;8-9-7(11)5(1-2-12)3-6(10)4-13;1-3(6)9-2-4(7)5-8;5-3-1-2-7-4(3)6;1-2;;1-2/h7H,2-5H2,1H3;5,12-13H,1-4,8H2,(H,9,11);8H,2H2,1H3,(H,5,7);3H,1-2,5H2;1H3;1H;1-2H2/i;;;;1D;;. The number of Topliss-reactive ketones (excluding diaryl/α,β-unsaturated/α-hetero) is 2. The van der Waals surface area contributed by atoms with Crippen LogP contribution in [0.15, 0.2) is 0 Å². The summed E-state index contributed by atoms with van der Waals surface area (Å²) in [6, 6.07) is 0.0880. The van der Waals surface area contributed by atoms with Crippen molar-refractivity contribution >= 4 is 129 Å². The number of hydrogen-bond acceptors (Lipinski definition) is 18. The molecule has 2 saturated heterocycles. The van der Waals surface area contributed by atoms with Gasteiger partial charge in [0.15, 0.2) is 21.4 Å². The number of nitrogens with two attached hydrogens (primary N) is 3. The number of hydrogen-bond donors (Lipinski definition) is 9. The van der Waals surface area contributed by atoms with Crippen molar-refractivity contribution < 1.29 is 62.3 Å². The summed E-state index contributed by atoms with van der Waals surface area (Å²) in [5, 5.41) is 0.281. The minimum Gasteiger partial charge on any atom is -1.00 e. The molecule has 0 spiro atoms. The van der Waals surface area contributed by atoms with E-state index in [1.54, 1.807) is 0 Å². The summed E-state index contributed by atoms with van der Waals surface area (Å²) in [7, 11) is -1.00. The lowest BCUT2D eigenvalue weighted by Crippen LogP contribution is -3.00. The Hall–Kier alpha value is -0.530. The van der Waals surface area contributed by atoms with Gasteiger partial charge in [0.05, 0.1) is 20.0 Å². The van der Waals surface area contributed by atoms with Crippen LogP contribution in [0.2, 0.25) is 0 Å². The van der Waals surface area contributed by atoms with E-state index in [1.165, 1.54) is 37.4 Å². The van der Waals surface area contributed by atoms with Gasteiger partial charge in [0.2, 0.25) is 16.9 Å². The van der Waals surface area contributed by atoms with E-state index in [2.05, 4.69) is 60.2 Å². The molecule has 11 N–H and O–H groups in total. The van der Waals surface area contributed by atoms with E-state index in [9.17, 15) is 42.7 Å². The van der Waals surface area contributed by atoms with Gasteiger partial charge in [-0.25, -0.2) is 5.84 Å². The van der Waals surface area contributed by atoms with E-state index in [-0.39, 0.29) is 97.8 Å². The van der Waals surface area contributed by atoms with Crippen LogP contribution in [-0.2, 0) is 38.4 Å². The minimum atomic E-state index is -1.00. The number of amides is 2. The van der Waals surface area contributed by atoms with Gasteiger partial charge in [-0.05, 0) is 18.6 Å². The zero-order valence-electron chi connectivity index (χ0n) is 27.7. The van der Waals surface area contributed by atoms with Gasteiger partial charge >= 0.3 is 0 Å². The third-order valence-corrected chi connectivity index (χ3v) is 9.83. The summed E-state index contributed by atoms with van der Waals surface area (Å²) in [6.45, 7) is 2.85. The highest BCUT2D eigenvalue weighted by atomic mass is 35.5. The van der Waals surface area contributed by atoms with Gasteiger partial charge < -0.3 is 22.9 Å². The van der Waals surface area contributed by atoms with E-state index >= 15 is 0 Å². The quantitative estimate of drug-likeness (QED) is 0.0416. The van der Waals surface area contributed by atoms with Crippen molar-refractivity contribution in [3.63, 3.8) is 0 Å². The minimum absolute atomic E-state index is 0. The van der Waals surface area contributed by atoms with Crippen molar-refractivity contribution in [1.82, 2.24) is 10.1 Å². The van der Waals surface area contributed by atoms with Gasteiger partial charge in [-0.3, -0.25) is 59.9 Å². The van der Waals surface area contributed by atoms with Crippen LogP contribution in [-0.4, -0.2) is 91.6 Å². The molecule has 3 unspecified atom stereocenters. The molecular formula is C25H48ClFN6O8S7. The average molecular weight is 841 g/mol. The Labute approximate surface area is 322 Å². The number of carbonyl (C=O) groups excluding carboxylic acids is 8. The molecule has 3 atom stereocenters. The zero-order valence-corrected chi connectivity index (χ0v) is 33.4. The van der Waals surface area contributed by atoms with Crippen LogP contribution in [0.3, 0.4) is 0 Å². The molecule has 2 aliphatic heterocycles. The summed E-state index contributed by atoms with van der Waals surface area (Å²) in [6.07, 6.45) is 2.83. The summed E-state index contributed by atoms with van der Waals surface area (Å²) in [5.74, 6) is 14.8. The highest BCUT2D eigenvalue weighted by Gasteiger charge is 2.27. The molecule has 2 rings (SSSR count). The second-order valence-corrected chi connectivity index (χ2v) is 14.3. The molecule has 2 aliphatic rings. The first kappa shape index (κ1) is 54.2. The molecule has 0 bridgehead atoms. The number of thioether (sulfide) groups is 4. The topological polar surface area (TPSA) is 266 Å². The third kappa shape index (κ3) is 35.3. The van der Waals surface area contributed by atoms with Crippen LogP contribution >= 0.6 is 85.1 Å². The lowest BCUT2D eigenvalue weighted by molar-refractivity contribution is -0.400. The zero-order chi connectivity index (χ0) is 38.1. The predicted molar refractivity (Wildman–Crippen MR) is 201 cm³/mol. The second kappa shape index (κ2) is 39.3. The summed E-state index contributed by atoms with van der Waals surface area (Å²) in [5.41, 5.74) is 5.68. The number of ketones is 2. The van der Waals surface area contributed by atoms with Crippen molar-refractivity contribution in [3.05, 3.63) is 0 Å². The number of alkyl halides is 1. The molecule has 2 fully saturated rings. The molecule has 2 amide bonds. The molecule has 0 aromatic carbocycles. The Bertz CT molecular complexity index is 1000. The van der Waals surface area contributed by atoms with Gasteiger partial charge in [0.25, 0.3) is 0 Å². The molecule has 0 saturated carbocycles. The Morgan fingerprint density at radius 2 is 1.50 bits per heavy atom. The second-order valence-electron chi connectivity index (χ2n) is 8.76. The van der Waals surface area contributed by atoms with Crippen molar-refractivity contribution in [2.45, 2.75) is 52.0 Å². The highest BCUT2D eigenvalue weighted by Crippen LogP contribution is 2.28. The van der Waals surface area contributed by atoms with E-state index in [0.29, 0.717) is 18.6 Å². The molecule has 2 heterocycles. The molecule has 0 aliphatic carbocycles. The Kier molecular flexibility index (Phi) is 44.4. The van der Waals surface area contributed by atoms with Crippen molar-refractivity contribution in [2.24, 2.45) is 29.4 Å². The van der Waals surface area contributed by atoms with Crippen molar-refractivity contribution in [3.8, 4) is 0 Å². The summed E-state index contributed by atoms with van der Waals surface area (Å²) in [4.78, 5) is 86.2. The molecule has 23 heteroatoms. The van der Waals surface area contributed by atoms with Crippen molar-refractivity contribution in [2.75, 3.05) is 41.7 Å². The van der Waals surface area contributed by atoms with Crippen LogP contribution in [0.4, 0.5) is 4.39 Å². The molecule has 48 heavy (non-hydrogen) atoms. The SMILES string of the molecule is CC(=O)SCC(=O)CC1CCSC1=O.CC(=O)SCC(=O)NS.NN.NNC(=O)C(CCS)CC(=O)CS.[2H]CF.[Cl-].[NH3+]C1CCSC1=O. The van der Waals surface area contributed by atoms with Crippen LogP contribution in [0.25, 0.3) is 0 Å². The lowest BCUT2D eigenvalue weighted by Gasteiger charge is -2.11. The lowest BCUT2D eigenvalue weighted by atomic mass is 9.99. The molecule has 0 aromatic rings. The molecule has 14 nitrogen and oxygen atoms in total. The van der Waals surface area contributed by atoms with Crippen LogP contribution in [0, 0.1) is 11.8 Å². The fraction of sp³-hybridized carbons (Fsp3) is 0.680. The first-order valence-electron chi connectivity index (χ1n) is 14.1. The monoisotopic (exact) mass is 839 g/mol. The fourth-order valence-corrected chi connectivity index (χ4v) is 6.43. The summed E-state index contributed by atoms with van der Waals surface area (Å²) < 4.78 is 17.6. The first-order valence-corrected chi connectivity index (χ1v) is 19.1. The van der Waals surface area contributed by atoms with E-state index in [1.807, 2.05) is 5.43 Å². The first-order chi connectivity index (χ1) is 22.6. The normalized spacial score (nSPS) is 16.2. The maximum atomic E-state index is 11.3. The number of thiol groups is 3. The van der Waals surface area contributed by atoms with E-state index < -0.39 is 7.15 Å². The maximum Gasteiger partial charge on any atom is 0.246 e. The smallest absolute Gasteiger partial charge is 0.246 e. The van der Waals surface area contributed by atoms with Gasteiger partial charge in [-0.2, -0.15) is 25.3 Å². The van der Waals surface area contributed by atoms with Crippen molar-refractivity contribution in [1.29, 1.82) is 0 Å². The highest BCUT2D eigenvalue weighted by molar-refractivity contribution is 8.14. The number of quaternary nitrogens is 1. The van der Waals surface area contributed by atoms with Gasteiger partial charge in [-0.1, -0.05) is 59.9 Å². The fourth-order valence-electron chi connectivity index (χ4n) is 2.91. The Morgan fingerprint density at radius 1 is 1.00 bits per heavy atom. The van der Waals surface area contributed by atoms with Crippen LogP contribution < -0.4 is 45.8 Å². The molecule has 0 radical (unpaired) electrons. The summed E-state index contributed by atoms with van der Waals surface area (Å²) >= 11 is 16.0. The van der Waals surface area contributed by atoms with Crippen LogP contribution in [0.5, 0.6) is 0 Å². The van der Waals surface area contributed by atoms with Gasteiger partial charge in [0, 0.05) is 62.2 Å². The number of rotatable bonds is 12. The van der Waals surface area contributed by atoms with E-state index in [4.69, 9.17) is 7.21 Å². The largest absolute Gasteiger partial charge is 1.00 e. The Morgan fingerprint density at radius 3 is 1.83 bits per heavy atom. The number of halogens is 2. The van der Waals surface area contributed by atoms with Gasteiger partial charge in [0.1, 0.15) is 11.6 Å². The average Bonchev–Trinajstić information content (AvgIpc) is 3.65. The van der Waals surface area contributed by atoms with E-state index in [0.717, 1.165) is 47.9 Å². The maximum absolute atomic E-state index is 11.3. The number of hydrazine groups is 2. The number of nitrogens with one attached hydrogen (secondary N) is 2. The molecule has 282 valence electrons.